The SMILES string of the molecule is CCC1C[C@H](C(=O)NCC2CC2C)[C@H](C(=O)O)C1. The van der Waals surface area contributed by atoms with Crippen LogP contribution in [0, 0.1) is 29.6 Å². The summed E-state index contributed by atoms with van der Waals surface area (Å²) in [5.74, 6) is 0.0614. The van der Waals surface area contributed by atoms with Crippen molar-refractivity contribution < 1.29 is 14.7 Å². The summed E-state index contributed by atoms with van der Waals surface area (Å²) in [6.45, 7) is 4.97. The maximum atomic E-state index is 12.1. The molecule has 2 rings (SSSR count). The molecule has 5 atom stereocenters. The van der Waals surface area contributed by atoms with Gasteiger partial charge in [0.1, 0.15) is 0 Å². The van der Waals surface area contributed by atoms with Gasteiger partial charge in [0.2, 0.25) is 5.91 Å². The highest BCUT2D eigenvalue weighted by molar-refractivity contribution is 5.85. The molecule has 102 valence electrons. The van der Waals surface area contributed by atoms with Gasteiger partial charge in [0.25, 0.3) is 0 Å². The molecule has 3 unspecified atom stereocenters. The summed E-state index contributed by atoms with van der Waals surface area (Å²) in [5.41, 5.74) is 0. The van der Waals surface area contributed by atoms with Gasteiger partial charge < -0.3 is 10.4 Å². The van der Waals surface area contributed by atoms with Crippen molar-refractivity contribution in [1.82, 2.24) is 5.32 Å². The van der Waals surface area contributed by atoms with Crippen LogP contribution in [0.5, 0.6) is 0 Å². The molecule has 0 aromatic heterocycles. The van der Waals surface area contributed by atoms with Gasteiger partial charge in [-0.05, 0) is 37.0 Å². The number of rotatable bonds is 5. The first-order chi connectivity index (χ1) is 8.52. The van der Waals surface area contributed by atoms with Crippen molar-refractivity contribution in [2.24, 2.45) is 29.6 Å². The Morgan fingerprint density at radius 1 is 1.22 bits per heavy atom. The molecule has 18 heavy (non-hydrogen) atoms. The third-order valence-corrected chi connectivity index (χ3v) is 4.71. The molecular formula is C14H23NO3. The molecule has 2 fully saturated rings. The average molecular weight is 253 g/mol. The van der Waals surface area contributed by atoms with Gasteiger partial charge in [0.15, 0.2) is 0 Å². The van der Waals surface area contributed by atoms with E-state index in [0.29, 0.717) is 24.2 Å². The van der Waals surface area contributed by atoms with E-state index in [9.17, 15) is 14.7 Å². The van der Waals surface area contributed by atoms with Crippen molar-refractivity contribution in [3.05, 3.63) is 0 Å². The molecule has 2 N–H and O–H groups in total. The smallest absolute Gasteiger partial charge is 0.307 e. The van der Waals surface area contributed by atoms with E-state index in [4.69, 9.17) is 0 Å². The predicted octanol–water partition coefficient (Wildman–Crippen LogP) is 1.90. The lowest BCUT2D eigenvalue weighted by molar-refractivity contribution is -0.146. The minimum atomic E-state index is -0.814. The number of nitrogens with one attached hydrogen (secondary N) is 1. The van der Waals surface area contributed by atoms with Crippen molar-refractivity contribution in [1.29, 1.82) is 0 Å². The lowest BCUT2D eigenvalue weighted by Gasteiger charge is -2.15. The number of amides is 1. The number of hydrogen-bond donors (Lipinski definition) is 2. The van der Waals surface area contributed by atoms with Crippen molar-refractivity contribution in [2.45, 2.75) is 39.5 Å². The molecule has 0 heterocycles. The third-order valence-electron chi connectivity index (χ3n) is 4.71. The zero-order valence-electron chi connectivity index (χ0n) is 11.2. The Kier molecular flexibility index (Phi) is 3.93. The van der Waals surface area contributed by atoms with E-state index in [0.717, 1.165) is 19.4 Å². The van der Waals surface area contributed by atoms with Gasteiger partial charge in [0, 0.05) is 6.54 Å². The fraction of sp³-hybridized carbons (Fsp3) is 0.857. The van der Waals surface area contributed by atoms with Gasteiger partial charge >= 0.3 is 5.97 Å². The number of carboxylic acids is 1. The van der Waals surface area contributed by atoms with Crippen LogP contribution in [-0.2, 0) is 9.59 Å². The molecule has 4 nitrogen and oxygen atoms in total. The van der Waals surface area contributed by atoms with Crippen LogP contribution in [0.15, 0.2) is 0 Å². The lowest BCUT2D eigenvalue weighted by Crippen LogP contribution is -2.36. The maximum Gasteiger partial charge on any atom is 0.307 e. The first-order valence-corrected chi connectivity index (χ1v) is 7.03. The zero-order chi connectivity index (χ0) is 13.3. The topological polar surface area (TPSA) is 66.4 Å². The van der Waals surface area contributed by atoms with Gasteiger partial charge in [-0.1, -0.05) is 20.3 Å². The van der Waals surface area contributed by atoms with Crippen LogP contribution in [0.3, 0.4) is 0 Å². The summed E-state index contributed by atoms with van der Waals surface area (Å²) >= 11 is 0. The maximum absolute atomic E-state index is 12.1. The molecule has 0 spiro atoms. The Labute approximate surface area is 108 Å². The number of carbonyl (C=O) groups excluding carboxylic acids is 1. The number of carbonyl (C=O) groups is 2. The number of aliphatic carboxylic acids is 1. The van der Waals surface area contributed by atoms with Crippen molar-refractivity contribution >= 4 is 11.9 Å². The second kappa shape index (κ2) is 5.29. The summed E-state index contributed by atoms with van der Waals surface area (Å²) in [4.78, 5) is 23.3. The van der Waals surface area contributed by atoms with Crippen molar-refractivity contribution in [3.63, 3.8) is 0 Å². The molecule has 1 amide bonds. The summed E-state index contributed by atoms with van der Waals surface area (Å²) < 4.78 is 0. The van der Waals surface area contributed by atoms with Crippen LogP contribution >= 0.6 is 0 Å². The second-order valence-corrected chi connectivity index (χ2v) is 6.02. The molecule has 0 saturated heterocycles. The van der Waals surface area contributed by atoms with E-state index in [1.165, 1.54) is 6.42 Å². The van der Waals surface area contributed by atoms with Gasteiger partial charge in [-0.25, -0.2) is 0 Å². The van der Waals surface area contributed by atoms with Crippen LogP contribution < -0.4 is 5.32 Å². The quantitative estimate of drug-likeness (QED) is 0.786. The van der Waals surface area contributed by atoms with E-state index in [1.54, 1.807) is 0 Å². The third kappa shape index (κ3) is 2.85. The summed E-state index contributed by atoms with van der Waals surface area (Å²) in [6, 6.07) is 0. The fourth-order valence-electron chi connectivity index (χ4n) is 3.09. The van der Waals surface area contributed by atoms with Crippen molar-refractivity contribution in [3.8, 4) is 0 Å². The standard InChI is InChI=1S/C14H23NO3/c1-3-9-5-11(12(6-9)14(17)18)13(16)15-7-10-4-8(10)2/h8-12H,3-7H2,1-2H3,(H,15,16)(H,17,18)/t8?,9?,10?,11-,12+/m0/s1. The molecule has 0 radical (unpaired) electrons. The largest absolute Gasteiger partial charge is 0.481 e. The molecule has 4 heteroatoms. The van der Waals surface area contributed by atoms with Crippen LogP contribution in [-0.4, -0.2) is 23.5 Å². The molecular weight excluding hydrogens is 230 g/mol. The Morgan fingerprint density at radius 2 is 1.83 bits per heavy atom. The Balaban J connectivity index is 1.88. The number of carboxylic acid groups (broad SMARTS) is 1. The van der Waals surface area contributed by atoms with Gasteiger partial charge in [-0.2, -0.15) is 0 Å². The zero-order valence-corrected chi connectivity index (χ0v) is 11.2. The molecule has 0 aliphatic heterocycles. The second-order valence-electron chi connectivity index (χ2n) is 6.02. The van der Waals surface area contributed by atoms with Crippen molar-refractivity contribution in [2.75, 3.05) is 6.54 Å². The van der Waals surface area contributed by atoms with Gasteiger partial charge in [0.05, 0.1) is 11.8 Å². The van der Waals surface area contributed by atoms with Gasteiger partial charge in [-0.3, -0.25) is 9.59 Å². The van der Waals surface area contributed by atoms with E-state index >= 15 is 0 Å². The minimum Gasteiger partial charge on any atom is -0.481 e. The summed E-state index contributed by atoms with van der Waals surface area (Å²) in [5, 5.41) is 12.1. The summed E-state index contributed by atoms with van der Waals surface area (Å²) in [7, 11) is 0. The van der Waals surface area contributed by atoms with Gasteiger partial charge in [-0.15, -0.1) is 0 Å². The monoisotopic (exact) mass is 253 g/mol. The lowest BCUT2D eigenvalue weighted by atomic mass is 9.95. The van der Waals surface area contributed by atoms with Crippen LogP contribution in [0.4, 0.5) is 0 Å². The Hall–Kier alpha value is -1.06. The molecule has 0 aromatic carbocycles. The normalized spacial score (nSPS) is 38.4. The Morgan fingerprint density at radius 3 is 2.33 bits per heavy atom. The van der Waals surface area contributed by atoms with E-state index < -0.39 is 11.9 Å². The molecule has 2 aliphatic rings. The first kappa shape index (κ1) is 13.4. The fourth-order valence-corrected chi connectivity index (χ4v) is 3.09. The first-order valence-electron chi connectivity index (χ1n) is 7.03. The Bertz CT molecular complexity index is 342. The van der Waals surface area contributed by atoms with Crippen LogP contribution in [0.25, 0.3) is 0 Å². The highest BCUT2D eigenvalue weighted by atomic mass is 16.4. The van der Waals surface area contributed by atoms with E-state index in [2.05, 4.69) is 19.2 Å². The minimum absolute atomic E-state index is 0.0440. The van der Waals surface area contributed by atoms with Crippen LogP contribution in [0.2, 0.25) is 0 Å². The number of hydrogen-bond acceptors (Lipinski definition) is 2. The highest BCUT2D eigenvalue weighted by Crippen LogP contribution is 2.39. The molecule has 2 aliphatic carbocycles. The summed E-state index contributed by atoms with van der Waals surface area (Å²) in [6.07, 6.45) is 3.54. The van der Waals surface area contributed by atoms with Crippen LogP contribution in [0.1, 0.15) is 39.5 Å². The predicted molar refractivity (Wildman–Crippen MR) is 67.9 cm³/mol. The molecule has 0 aromatic rings. The van der Waals surface area contributed by atoms with E-state index in [-0.39, 0.29) is 11.8 Å². The average Bonchev–Trinajstić information content (AvgIpc) is 2.88. The highest BCUT2D eigenvalue weighted by Gasteiger charge is 2.42. The molecule has 2 saturated carbocycles. The molecule has 0 bridgehead atoms. The van der Waals surface area contributed by atoms with E-state index in [1.807, 2.05) is 0 Å².